The molecule has 104 valence electrons. The highest BCUT2D eigenvalue weighted by Gasteiger charge is 2.38. The van der Waals surface area contributed by atoms with Crippen LogP contribution in [-0.2, 0) is 4.79 Å². The molecule has 2 heterocycles. The third kappa shape index (κ3) is 5.11. The minimum Gasteiger partial charge on any atom is -0.475 e. The number of rotatable bonds is 2. The third-order valence-corrected chi connectivity index (χ3v) is 2.58. The standard InChI is InChI=1S/C7H7N3OS.C2HF3O2/c8-1-5-4-12-7(10-5)11-6-2-9-3-6;3-2(4,5)1(6)7/h4,6,9H,2-3H2;(H,6,7). The van der Waals surface area contributed by atoms with Gasteiger partial charge in [0.15, 0.2) is 5.69 Å². The summed E-state index contributed by atoms with van der Waals surface area (Å²) in [5, 5.41) is 21.0. The molecule has 0 atom stereocenters. The van der Waals surface area contributed by atoms with Gasteiger partial charge in [0.05, 0.1) is 0 Å². The van der Waals surface area contributed by atoms with Crippen molar-refractivity contribution < 1.29 is 27.8 Å². The molecule has 0 bridgehead atoms. The van der Waals surface area contributed by atoms with Gasteiger partial charge >= 0.3 is 12.1 Å². The maximum absolute atomic E-state index is 10.6. The van der Waals surface area contributed by atoms with Gasteiger partial charge in [-0.25, -0.2) is 4.79 Å². The number of thiazole rings is 1. The van der Waals surface area contributed by atoms with Gasteiger partial charge in [0.25, 0.3) is 5.19 Å². The van der Waals surface area contributed by atoms with E-state index in [2.05, 4.69) is 10.3 Å². The predicted octanol–water partition coefficient (Wildman–Crippen LogP) is 0.999. The number of nitrogens with zero attached hydrogens (tertiary/aromatic N) is 2. The van der Waals surface area contributed by atoms with E-state index in [1.54, 1.807) is 5.38 Å². The van der Waals surface area contributed by atoms with Crippen LogP contribution in [0.1, 0.15) is 5.69 Å². The van der Waals surface area contributed by atoms with E-state index in [9.17, 15) is 13.2 Å². The number of nitrogens with one attached hydrogen (secondary N) is 1. The van der Waals surface area contributed by atoms with Gasteiger partial charge in [0.1, 0.15) is 12.2 Å². The summed E-state index contributed by atoms with van der Waals surface area (Å²) in [6.45, 7) is 1.75. The van der Waals surface area contributed by atoms with E-state index >= 15 is 0 Å². The van der Waals surface area contributed by atoms with Crippen molar-refractivity contribution in [1.29, 1.82) is 5.26 Å². The zero-order valence-corrected chi connectivity index (χ0v) is 10.1. The SMILES string of the molecule is N#Cc1csc(OC2CNC2)n1.O=C(O)C(F)(F)F. The largest absolute Gasteiger partial charge is 0.490 e. The zero-order valence-electron chi connectivity index (χ0n) is 9.27. The van der Waals surface area contributed by atoms with Crippen molar-refractivity contribution in [2.75, 3.05) is 13.1 Å². The normalized spacial score (nSPS) is 14.6. The lowest BCUT2D eigenvalue weighted by Crippen LogP contribution is -2.50. The number of nitriles is 1. The fourth-order valence-electron chi connectivity index (χ4n) is 0.851. The number of carboxylic acid groups (broad SMARTS) is 1. The fraction of sp³-hybridized carbons (Fsp3) is 0.444. The van der Waals surface area contributed by atoms with E-state index in [0.29, 0.717) is 10.9 Å². The average molecular weight is 295 g/mol. The van der Waals surface area contributed by atoms with E-state index in [0.717, 1.165) is 13.1 Å². The molecule has 0 spiro atoms. The van der Waals surface area contributed by atoms with Crippen LogP contribution in [0.4, 0.5) is 13.2 Å². The van der Waals surface area contributed by atoms with Crippen LogP contribution in [-0.4, -0.2) is 41.4 Å². The molecule has 2 rings (SSSR count). The van der Waals surface area contributed by atoms with Crippen LogP contribution >= 0.6 is 11.3 Å². The van der Waals surface area contributed by atoms with Crippen molar-refractivity contribution in [1.82, 2.24) is 10.3 Å². The predicted molar refractivity (Wildman–Crippen MR) is 57.8 cm³/mol. The first kappa shape index (κ1) is 15.2. The molecule has 1 aliphatic heterocycles. The molecule has 0 aliphatic carbocycles. The molecule has 19 heavy (non-hydrogen) atoms. The molecular weight excluding hydrogens is 287 g/mol. The summed E-state index contributed by atoms with van der Waals surface area (Å²) in [5.74, 6) is -2.76. The second-order valence-electron chi connectivity index (χ2n) is 3.31. The Morgan fingerprint density at radius 2 is 2.21 bits per heavy atom. The van der Waals surface area contributed by atoms with Crippen molar-refractivity contribution in [3.63, 3.8) is 0 Å². The van der Waals surface area contributed by atoms with Gasteiger partial charge in [0.2, 0.25) is 0 Å². The Hall–Kier alpha value is -1.86. The summed E-state index contributed by atoms with van der Waals surface area (Å²) in [6, 6.07) is 1.96. The number of hydrogen-bond donors (Lipinski definition) is 2. The molecule has 1 aromatic rings. The molecule has 1 saturated heterocycles. The van der Waals surface area contributed by atoms with Crippen LogP contribution in [0.3, 0.4) is 0 Å². The highest BCUT2D eigenvalue weighted by Crippen LogP contribution is 2.19. The number of alkyl halides is 3. The van der Waals surface area contributed by atoms with Gasteiger partial charge in [-0.3, -0.25) is 0 Å². The first-order valence-electron chi connectivity index (χ1n) is 4.86. The van der Waals surface area contributed by atoms with Crippen LogP contribution in [0.25, 0.3) is 0 Å². The van der Waals surface area contributed by atoms with Gasteiger partial charge in [-0.1, -0.05) is 11.3 Å². The van der Waals surface area contributed by atoms with Crippen LogP contribution in [0.2, 0.25) is 0 Å². The Morgan fingerprint density at radius 1 is 1.63 bits per heavy atom. The van der Waals surface area contributed by atoms with Gasteiger partial charge in [-0.2, -0.15) is 23.4 Å². The Morgan fingerprint density at radius 3 is 2.53 bits per heavy atom. The summed E-state index contributed by atoms with van der Waals surface area (Å²) < 4.78 is 37.2. The first-order valence-corrected chi connectivity index (χ1v) is 5.74. The lowest BCUT2D eigenvalue weighted by molar-refractivity contribution is -0.192. The highest BCUT2D eigenvalue weighted by molar-refractivity contribution is 7.11. The fourth-order valence-corrected chi connectivity index (χ4v) is 1.51. The summed E-state index contributed by atoms with van der Waals surface area (Å²) in [6.07, 6.45) is -4.84. The second kappa shape index (κ2) is 6.35. The summed E-state index contributed by atoms with van der Waals surface area (Å²) in [5.41, 5.74) is 0.433. The molecule has 1 aliphatic rings. The molecule has 0 saturated carbocycles. The van der Waals surface area contributed by atoms with Gasteiger partial charge in [-0.15, -0.1) is 0 Å². The molecule has 10 heteroatoms. The smallest absolute Gasteiger partial charge is 0.475 e. The number of ether oxygens (including phenoxy) is 1. The van der Waals surface area contributed by atoms with E-state index < -0.39 is 12.1 Å². The van der Waals surface area contributed by atoms with Crippen molar-refractivity contribution in [3.8, 4) is 11.3 Å². The minimum absolute atomic E-state index is 0.239. The molecule has 1 fully saturated rings. The highest BCUT2D eigenvalue weighted by atomic mass is 32.1. The van der Waals surface area contributed by atoms with E-state index in [1.165, 1.54) is 11.3 Å². The van der Waals surface area contributed by atoms with Crippen molar-refractivity contribution in [2.45, 2.75) is 12.3 Å². The number of carbonyl (C=O) groups is 1. The van der Waals surface area contributed by atoms with E-state index in [1.807, 2.05) is 6.07 Å². The quantitative estimate of drug-likeness (QED) is 0.845. The molecular formula is C9H8F3N3O3S. The van der Waals surface area contributed by atoms with Crippen molar-refractivity contribution >= 4 is 17.3 Å². The maximum atomic E-state index is 10.6. The molecule has 6 nitrogen and oxygen atoms in total. The minimum atomic E-state index is -5.08. The Bertz CT molecular complexity index is 479. The lowest BCUT2D eigenvalue weighted by Gasteiger charge is -2.26. The zero-order chi connectivity index (χ0) is 14.5. The van der Waals surface area contributed by atoms with Crippen LogP contribution in [0.15, 0.2) is 5.38 Å². The molecule has 0 radical (unpaired) electrons. The van der Waals surface area contributed by atoms with Crippen molar-refractivity contribution in [3.05, 3.63) is 11.1 Å². The molecule has 0 unspecified atom stereocenters. The Balaban J connectivity index is 0.000000224. The van der Waals surface area contributed by atoms with Crippen LogP contribution in [0.5, 0.6) is 5.19 Å². The molecule has 0 amide bonds. The van der Waals surface area contributed by atoms with E-state index in [-0.39, 0.29) is 6.10 Å². The summed E-state index contributed by atoms with van der Waals surface area (Å²) in [4.78, 5) is 12.9. The monoisotopic (exact) mass is 295 g/mol. The number of aromatic nitrogens is 1. The second-order valence-corrected chi connectivity index (χ2v) is 4.13. The number of hydrogen-bond acceptors (Lipinski definition) is 6. The summed E-state index contributed by atoms with van der Waals surface area (Å²) >= 11 is 1.37. The molecule has 2 N–H and O–H groups in total. The maximum Gasteiger partial charge on any atom is 0.490 e. The summed E-state index contributed by atoms with van der Waals surface area (Å²) in [7, 11) is 0. The van der Waals surface area contributed by atoms with Crippen molar-refractivity contribution in [2.24, 2.45) is 0 Å². The lowest BCUT2D eigenvalue weighted by atomic mass is 10.2. The number of carboxylic acids is 1. The Labute approximate surface area is 109 Å². The van der Waals surface area contributed by atoms with Gasteiger partial charge < -0.3 is 15.2 Å². The average Bonchev–Trinajstić information content (AvgIpc) is 2.71. The third-order valence-electron chi connectivity index (χ3n) is 1.85. The van der Waals surface area contributed by atoms with Crippen LogP contribution in [0, 0.1) is 11.3 Å². The number of halogens is 3. The molecule has 0 aromatic carbocycles. The topological polar surface area (TPSA) is 95.2 Å². The molecule has 1 aromatic heterocycles. The Kier molecular flexibility index (Phi) is 5.08. The number of aliphatic carboxylic acids is 1. The van der Waals surface area contributed by atoms with Gasteiger partial charge in [0, 0.05) is 18.5 Å². The van der Waals surface area contributed by atoms with E-state index in [4.69, 9.17) is 19.9 Å². The van der Waals surface area contributed by atoms with Gasteiger partial charge in [-0.05, 0) is 0 Å². The van der Waals surface area contributed by atoms with Crippen LogP contribution < -0.4 is 10.1 Å². The first-order chi connectivity index (χ1) is 8.82.